The van der Waals surface area contributed by atoms with Crippen molar-refractivity contribution in [2.75, 3.05) is 0 Å². The number of rotatable bonds is 3. The molecule has 3 rings (SSSR count). The predicted octanol–water partition coefficient (Wildman–Crippen LogP) is 1.70. The molecule has 106 valence electrons. The highest BCUT2D eigenvalue weighted by molar-refractivity contribution is 7.20. The van der Waals surface area contributed by atoms with E-state index in [1.807, 2.05) is 0 Å². The van der Waals surface area contributed by atoms with Crippen LogP contribution in [0, 0.1) is 10.1 Å². The summed E-state index contributed by atoms with van der Waals surface area (Å²) in [6.07, 6.45) is 0.00106. The molecule has 2 heterocycles. The van der Waals surface area contributed by atoms with Crippen LogP contribution in [0.4, 0.5) is 5.69 Å². The summed E-state index contributed by atoms with van der Waals surface area (Å²) in [6, 6.07) is 6.16. The number of nitro benzene ring substituents is 1. The Hall–Kier alpha value is -2.39. The summed E-state index contributed by atoms with van der Waals surface area (Å²) in [4.78, 5) is 22.9. The lowest BCUT2D eigenvalue weighted by Gasteiger charge is -2.01. The first-order valence-corrected chi connectivity index (χ1v) is 6.89. The SMILES string of the molecule is O=c1c(Cc2ccccc2[N+](=O)[O-])nnc2sc(Cl)nn12. The third kappa shape index (κ3) is 2.48. The molecule has 10 heteroatoms. The molecule has 0 bridgehead atoms. The monoisotopic (exact) mass is 323 g/mol. The van der Waals surface area contributed by atoms with E-state index in [2.05, 4.69) is 15.3 Å². The third-order valence-corrected chi connectivity index (χ3v) is 3.77. The van der Waals surface area contributed by atoms with Crippen molar-refractivity contribution in [2.24, 2.45) is 0 Å². The Balaban J connectivity index is 2.09. The Morgan fingerprint density at radius 1 is 1.33 bits per heavy atom. The number of para-hydroxylation sites is 1. The number of nitrogens with zero attached hydrogens (tertiary/aromatic N) is 5. The lowest BCUT2D eigenvalue weighted by molar-refractivity contribution is -0.385. The molecule has 0 aliphatic carbocycles. The molecule has 0 saturated carbocycles. The molecular weight excluding hydrogens is 318 g/mol. The number of aromatic nitrogens is 4. The minimum atomic E-state index is -0.501. The van der Waals surface area contributed by atoms with Gasteiger partial charge in [-0.1, -0.05) is 29.5 Å². The maximum Gasteiger partial charge on any atom is 0.297 e. The van der Waals surface area contributed by atoms with E-state index in [-0.39, 0.29) is 27.2 Å². The summed E-state index contributed by atoms with van der Waals surface area (Å²) < 4.78 is 1.22. The van der Waals surface area contributed by atoms with Crippen LogP contribution in [-0.2, 0) is 6.42 Å². The van der Waals surface area contributed by atoms with Crippen molar-refractivity contribution >= 4 is 33.6 Å². The highest BCUT2D eigenvalue weighted by atomic mass is 35.5. The fourth-order valence-corrected chi connectivity index (χ4v) is 2.70. The minimum Gasteiger partial charge on any atom is -0.265 e. The zero-order valence-corrected chi connectivity index (χ0v) is 11.8. The lowest BCUT2D eigenvalue weighted by Crippen LogP contribution is -2.22. The predicted molar refractivity (Wildman–Crippen MR) is 75.8 cm³/mol. The molecule has 8 nitrogen and oxygen atoms in total. The fraction of sp³-hybridized carbons (Fsp3) is 0.0909. The molecule has 0 unspecified atom stereocenters. The van der Waals surface area contributed by atoms with Crippen LogP contribution in [0.5, 0.6) is 0 Å². The smallest absolute Gasteiger partial charge is 0.265 e. The summed E-state index contributed by atoms with van der Waals surface area (Å²) in [6.45, 7) is 0. The second-order valence-electron chi connectivity index (χ2n) is 4.06. The molecule has 0 atom stereocenters. The van der Waals surface area contributed by atoms with Crippen LogP contribution in [0.2, 0.25) is 4.47 Å². The van der Waals surface area contributed by atoms with Gasteiger partial charge in [0.05, 0.1) is 4.92 Å². The van der Waals surface area contributed by atoms with Crippen LogP contribution in [0.25, 0.3) is 4.96 Å². The second-order valence-corrected chi connectivity index (χ2v) is 5.60. The number of nitro groups is 1. The molecular formula is C11H6ClN5O3S. The molecule has 0 amide bonds. The van der Waals surface area contributed by atoms with E-state index in [4.69, 9.17) is 11.6 Å². The molecule has 0 radical (unpaired) electrons. The largest absolute Gasteiger partial charge is 0.297 e. The van der Waals surface area contributed by atoms with Gasteiger partial charge in [0.15, 0.2) is 0 Å². The van der Waals surface area contributed by atoms with Crippen molar-refractivity contribution in [3.05, 3.63) is 60.5 Å². The van der Waals surface area contributed by atoms with Gasteiger partial charge in [-0.3, -0.25) is 14.9 Å². The summed E-state index contributed by atoms with van der Waals surface area (Å²) >= 11 is 6.75. The van der Waals surface area contributed by atoms with Gasteiger partial charge in [-0.25, -0.2) is 0 Å². The van der Waals surface area contributed by atoms with Crippen LogP contribution >= 0.6 is 22.9 Å². The van der Waals surface area contributed by atoms with E-state index in [0.29, 0.717) is 5.56 Å². The Morgan fingerprint density at radius 2 is 2.10 bits per heavy atom. The van der Waals surface area contributed by atoms with Crippen LogP contribution in [0.15, 0.2) is 29.1 Å². The Labute approximate surface area is 125 Å². The van der Waals surface area contributed by atoms with Crippen LogP contribution in [0.1, 0.15) is 11.3 Å². The molecule has 0 saturated heterocycles. The summed E-state index contributed by atoms with van der Waals surface area (Å²) in [5.41, 5.74) is -0.0969. The van der Waals surface area contributed by atoms with E-state index >= 15 is 0 Å². The number of fused-ring (bicyclic) bond motifs is 1. The topological polar surface area (TPSA) is 103 Å². The van der Waals surface area contributed by atoms with Crippen molar-refractivity contribution in [2.45, 2.75) is 6.42 Å². The van der Waals surface area contributed by atoms with Gasteiger partial charge in [0, 0.05) is 18.1 Å². The van der Waals surface area contributed by atoms with Gasteiger partial charge >= 0.3 is 0 Å². The number of hydrogen-bond donors (Lipinski definition) is 0. The van der Waals surface area contributed by atoms with E-state index in [1.165, 1.54) is 6.07 Å². The molecule has 21 heavy (non-hydrogen) atoms. The van der Waals surface area contributed by atoms with E-state index < -0.39 is 10.5 Å². The maximum absolute atomic E-state index is 12.2. The van der Waals surface area contributed by atoms with E-state index in [9.17, 15) is 14.9 Å². The standard InChI is InChI=1S/C11H6ClN5O3S/c12-10-15-16-9(18)7(13-14-11(16)21-10)5-6-3-1-2-4-8(6)17(19)20/h1-4H,5H2. The van der Waals surface area contributed by atoms with Gasteiger partial charge in [0.25, 0.3) is 11.2 Å². The zero-order chi connectivity index (χ0) is 15.0. The first kappa shape index (κ1) is 13.6. The molecule has 0 aliphatic rings. The maximum atomic E-state index is 12.2. The van der Waals surface area contributed by atoms with Crippen LogP contribution in [0.3, 0.4) is 0 Å². The van der Waals surface area contributed by atoms with Gasteiger partial charge in [-0.2, -0.15) is 4.52 Å². The molecule has 1 aromatic carbocycles. The lowest BCUT2D eigenvalue weighted by atomic mass is 10.1. The molecule has 3 aromatic rings. The van der Waals surface area contributed by atoms with Crippen LogP contribution in [-0.4, -0.2) is 24.7 Å². The van der Waals surface area contributed by atoms with Crippen molar-refractivity contribution in [1.82, 2.24) is 19.8 Å². The summed E-state index contributed by atoms with van der Waals surface area (Å²) in [5, 5.41) is 22.5. The van der Waals surface area contributed by atoms with E-state index in [0.717, 1.165) is 15.9 Å². The van der Waals surface area contributed by atoms with Gasteiger partial charge in [0.2, 0.25) is 9.43 Å². The quantitative estimate of drug-likeness (QED) is 0.536. The Bertz CT molecular complexity index is 906. The van der Waals surface area contributed by atoms with E-state index in [1.54, 1.807) is 18.2 Å². The van der Waals surface area contributed by atoms with Crippen LogP contribution < -0.4 is 5.56 Å². The van der Waals surface area contributed by atoms with Crippen molar-refractivity contribution in [1.29, 1.82) is 0 Å². The van der Waals surface area contributed by atoms with Gasteiger partial charge in [0.1, 0.15) is 5.69 Å². The fourth-order valence-electron chi connectivity index (χ4n) is 1.85. The Morgan fingerprint density at radius 3 is 2.86 bits per heavy atom. The third-order valence-electron chi connectivity index (χ3n) is 2.78. The minimum absolute atomic E-state index is 0.00106. The summed E-state index contributed by atoms with van der Waals surface area (Å²) in [7, 11) is 0. The molecule has 0 spiro atoms. The molecule has 0 aliphatic heterocycles. The van der Waals surface area contributed by atoms with Gasteiger partial charge < -0.3 is 0 Å². The summed E-state index contributed by atoms with van der Waals surface area (Å²) in [5.74, 6) is 0. The first-order valence-electron chi connectivity index (χ1n) is 5.69. The van der Waals surface area contributed by atoms with Crippen molar-refractivity contribution < 1.29 is 4.92 Å². The molecule has 2 aromatic heterocycles. The molecule has 0 N–H and O–H groups in total. The highest BCUT2D eigenvalue weighted by Crippen LogP contribution is 2.20. The number of hydrogen-bond acceptors (Lipinski definition) is 7. The Kier molecular flexibility index (Phi) is 3.35. The normalized spacial score (nSPS) is 10.9. The van der Waals surface area contributed by atoms with Crippen molar-refractivity contribution in [3.8, 4) is 0 Å². The highest BCUT2D eigenvalue weighted by Gasteiger charge is 2.17. The number of benzene rings is 1. The second kappa shape index (κ2) is 5.19. The van der Waals surface area contributed by atoms with Gasteiger partial charge in [-0.05, 0) is 11.6 Å². The molecule has 0 fully saturated rings. The first-order chi connectivity index (χ1) is 10.1. The average Bonchev–Trinajstić information content (AvgIpc) is 2.84. The average molecular weight is 324 g/mol. The zero-order valence-electron chi connectivity index (χ0n) is 10.3. The van der Waals surface area contributed by atoms with Gasteiger partial charge in [-0.15, -0.1) is 15.3 Å². The number of halogens is 1. The van der Waals surface area contributed by atoms with Crippen molar-refractivity contribution in [3.63, 3.8) is 0 Å².